The summed E-state index contributed by atoms with van der Waals surface area (Å²) in [5, 5.41) is 11.5. The number of halogens is 1. The number of ether oxygens (including phenoxy) is 1. The molecular formula is C27H24FN3O5S. The molecule has 8 nitrogen and oxygen atoms in total. The molecule has 190 valence electrons. The molecular weight excluding hydrogens is 497 g/mol. The maximum Gasteiger partial charge on any atom is 0.335 e. The number of carbonyl (C=O) groups excluding carboxylic acids is 2. The molecule has 0 spiro atoms. The second-order valence-electron chi connectivity index (χ2n) is 8.20. The quantitative estimate of drug-likeness (QED) is 0.421. The number of amidine groups is 1. The van der Waals surface area contributed by atoms with Crippen molar-refractivity contribution in [3.63, 3.8) is 0 Å². The average Bonchev–Trinajstić information content (AvgIpc) is 3.18. The molecule has 0 radical (unpaired) electrons. The fourth-order valence-corrected chi connectivity index (χ4v) is 4.85. The van der Waals surface area contributed by atoms with Gasteiger partial charge < -0.3 is 15.2 Å². The molecule has 0 aliphatic carbocycles. The molecule has 2 N–H and O–H groups in total. The van der Waals surface area contributed by atoms with Crippen LogP contribution < -0.4 is 10.1 Å². The van der Waals surface area contributed by atoms with Gasteiger partial charge in [-0.3, -0.25) is 14.5 Å². The summed E-state index contributed by atoms with van der Waals surface area (Å²) in [5.41, 5.74) is 2.04. The normalized spacial score (nSPS) is 16.2. The summed E-state index contributed by atoms with van der Waals surface area (Å²) >= 11 is 1.19. The molecule has 4 rings (SSSR count). The molecule has 3 aromatic carbocycles. The Morgan fingerprint density at radius 3 is 2.35 bits per heavy atom. The van der Waals surface area contributed by atoms with Crippen LogP contribution in [0.5, 0.6) is 5.75 Å². The summed E-state index contributed by atoms with van der Waals surface area (Å²) in [5.74, 6) is -1.34. The van der Waals surface area contributed by atoms with Crippen LogP contribution in [0.3, 0.4) is 0 Å². The van der Waals surface area contributed by atoms with Crippen LogP contribution in [0.2, 0.25) is 0 Å². The zero-order chi connectivity index (χ0) is 26.4. The predicted molar refractivity (Wildman–Crippen MR) is 140 cm³/mol. The molecule has 0 saturated carbocycles. The summed E-state index contributed by atoms with van der Waals surface area (Å²) in [7, 11) is 1.59. The van der Waals surface area contributed by atoms with Crippen molar-refractivity contribution in [3.8, 4) is 5.75 Å². The van der Waals surface area contributed by atoms with Crippen molar-refractivity contribution >= 4 is 46.1 Å². The second kappa shape index (κ2) is 11.7. The van der Waals surface area contributed by atoms with Crippen LogP contribution in [-0.2, 0) is 16.0 Å². The van der Waals surface area contributed by atoms with Gasteiger partial charge in [0.05, 0.1) is 18.4 Å². The minimum Gasteiger partial charge on any atom is -0.497 e. The molecule has 10 heteroatoms. The number of aliphatic imine (C=N–C) groups is 1. The summed E-state index contributed by atoms with van der Waals surface area (Å²) in [4.78, 5) is 43.1. The van der Waals surface area contributed by atoms with Crippen LogP contribution in [-0.4, -0.2) is 51.9 Å². The Morgan fingerprint density at radius 1 is 1.05 bits per heavy atom. The molecule has 1 fully saturated rings. The molecule has 37 heavy (non-hydrogen) atoms. The molecule has 2 amide bonds. The van der Waals surface area contributed by atoms with E-state index < -0.39 is 11.2 Å². The molecule has 1 saturated heterocycles. The zero-order valence-corrected chi connectivity index (χ0v) is 20.7. The minimum absolute atomic E-state index is 0.0916. The van der Waals surface area contributed by atoms with Gasteiger partial charge in [-0.2, -0.15) is 0 Å². The van der Waals surface area contributed by atoms with Crippen molar-refractivity contribution < 1.29 is 28.6 Å². The summed E-state index contributed by atoms with van der Waals surface area (Å²) in [6.07, 6.45) is 0.471. The van der Waals surface area contributed by atoms with Gasteiger partial charge in [0, 0.05) is 18.7 Å². The second-order valence-corrected chi connectivity index (χ2v) is 9.37. The zero-order valence-electron chi connectivity index (χ0n) is 19.9. The number of carboxylic acid groups (broad SMARTS) is 1. The number of carboxylic acids is 1. The lowest BCUT2D eigenvalue weighted by Gasteiger charge is -2.16. The number of benzene rings is 3. The van der Waals surface area contributed by atoms with Crippen molar-refractivity contribution in [2.24, 2.45) is 4.99 Å². The van der Waals surface area contributed by atoms with Crippen LogP contribution in [0.25, 0.3) is 0 Å². The topological polar surface area (TPSA) is 108 Å². The van der Waals surface area contributed by atoms with Gasteiger partial charge in [-0.05, 0) is 72.6 Å². The van der Waals surface area contributed by atoms with Gasteiger partial charge in [-0.1, -0.05) is 23.9 Å². The van der Waals surface area contributed by atoms with Crippen LogP contribution in [0.15, 0.2) is 77.8 Å². The highest BCUT2D eigenvalue weighted by Gasteiger charge is 2.39. The van der Waals surface area contributed by atoms with Crippen molar-refractivity contribution in [1.29, 1.82) is 0 Å². The third-order valence-corrected chi connectivity index (χ3v) is 6.82. The average molecular weight is 522 g/mol. The molecule has 0 bridgehead atoms. The first-order chi connectivity index (χ1) is 17.8. The third kappa shape index (κ3) is 6.73. The van der Waals surface area contributed by atoms with Crippen molar-refractivity contribution in [2.75, 3.05) is 19.0 Å². The molecule has 1 aliphatic rings. The molecule has 1 aliphatic heterocycles. The highest BCUT2D eigenvalue weighted by atomic mass is 32.2. The van der Waals surface area contributed by atoms with E-state index in [2.05, 4.69) is 10.3 Å². The molecule has 0 unspecified atom stereocenters. The first-order valence-corrected chi connectivity index (χ1v) is 12.3. The smallest absolute Gasteiger partial charge is 0.335 e. The first kappa shape index (κ1) is 25.9. The maximum atomic E-state index is 13.3. The van der Waals surface area contributed by atoms with Gasteiger partial charge >= 0.3 is 5.97 Å². The van der Waals surface area contributed by atoms with E-state index in [4.69, 9.17) is 9.84 Å². The lowest BCUT2D eigenvalue weighted by molar-refractivity contribution is -0.128. The van der Waals surface area contributed by atoms with Crippen LogP contribution in [0.4, 0.5) is 15.8 Å². The molecule has 1 atom stereocenters. The van der Waals surface area contributed by atoms with Crippen LogP contribution in [0.1, 0.15) is 22.3 Å². The van der Waals surface area contributed by atoms with E-state index in [0.717, 1.165) is 11.3 Å². The van der Waals surface area contributed by atoms with Gasteiger partial charge in [0.15, 0.2) is 5.17 Å². The number of hydrogen-bond acceptors (Lipinski definition) is 6. The Kier molecular flexibility index (Phi) is 8.19. The predicted octanol–water partition coefficient (Wildman–Crippen LogP) is 4.74. The number of aromatic carboxylic acids is 1. The number of hydrogen-bond donors (Lipinski definition) is 2. The maximum absolute atomic E-state index is 13.3. The van der Waals surface area contributed by atoms with Crippen molar-refractivity contribution in [3.05, 3.63) is 89.7 Å². The minimum atomic E-state index is -1.06. The lowest BCUT2D eigenvalue weighted by Crippen LogP contribution is -2.35. The Morgan fingerprint density at radius 2 is 1.73 bits per heavy atom. The molecule has 0 aromatic heterocycles. The van der Waals surface area contributed by atoms with Gasteiger partial charge in [0.1, 0.15) is 16.8 Å². The van der Waals surface area contributed by atoms with Gasteiger partial charge in [0.2, 0.25) is 11.8 Å². The van der Waals surface area contributed by atoms with Crippen LogP contribution in [0, 0.1) is 5.82 Å². The Labute approximate surface area is 217 Å². The van der Waals surface area contributed by atoms with Crippen LogP contribution >= 0.6 is 11.8 Å². The van der Waals surface area contributed by atoms with E-state index in [-0.39, 0.29) is 29.6 Å². The number of carbonyl (C=O) groups is 3. The standard InChI is InChI=1S/C27H24FN3O5S/c1-36-22-12-2-17(3-13-22)14-15-31-25(33)23(37-27(31)30-21-10-6-19(28)7-11-21)16-24(32)29-20-8-4-18(5-9-20)26(34)35/h2-13,23H,14-16H2,1H3,(H,29,32)(H,34,35)/t23-/m1/s1. The molecule has 3 aromatic rings. The monoisotopic (exact) mass is 521 g/mol. The van der Waals surface area contributed by atoms with E-state index in [1.165, 1.54) is 60.3 Å². The summed E-state index contributed by atoms with van der Waals surface area (Å²) < 4.78 is 18.5. The third-order valence-electron chi connectivity index (χ3n) is 5.64. The number of anilines is 1. The Bertz CT molecular complexity index is 1310. The van der Waals surface area contributed by atoms with Crippen molar-refractivity contribution in [1.82, 2.24) is 4.90 Å². The first-order valence-electron chi connectivity index (χ1n) is 11.4. The highest BCUT2D eigenvalue weighted by molar-refractivity contribution is 8.15. The number of nitrogens with one attached hydrogen (secondary N) is 1. The Balaban J connectivity index is 1.47. The molecule has 1 heterocycles. The fraction of sp³-hybridized carbons (Fsp3) is 0.185. The Hall–Kier alpha value is -4.18. The van der Waals surface area contributed by atoms with Crippen molar-refractivity contribution in [2.45, 2.75) is 18.1 Å². The lowest BCUT2D eigenvalue weighted by atomic mass is 10.1. The number of rotatable bonds is 9. The number of thioether (sulfide) groups is 1. The van der Waals surface area contributed by atoms with E-state index >= 15 is 0 Å². The van der Waals surface area contributed by atoms with Gasteiger partial charge in [-0.15, -0.1) is 0 Å². The van der Waals surface area contributed by atoms with E-state index in [0.29, 0.717) is 29.5 Å². The number of methoxy groups -OCH3 is 1. The highest BCUT2D eigenvalue weighted by Crippen LogP contribution is 2.32. The number of amides is 2. The van der Waals surface area contributed by atoms with E-state index in [1.807, 2.05) is 24.3 Å². The fourth-order valence-electron chi connectivity index (χ4n) is 3.67. The van der Waals surface area contributed by atoms with E-state index in [9.17, 15) is 18.8 Å². The van der Waals surface area contributed by atoms with Gasteiger partial charge in [0.25, 0.3) is 0 Å². The number of nitrogens with zero attached hydrogens (tertiary/aromatic N) is 2. The summed E-state index contributed by atoms with van der Waals surface area (Å²) in [6, 6.07) is 18.9. The van der Waals surface area contributed by atoms with Gasteiger partial charge in [-0.25, -0.2) is 14.2 Å². The largest absolute Gasteiger partial charge is 0.497 e. The summed E-state index contributed by atoms with van der Waals surface area (Å²) in [6.45, 7) is 0.354. The van der Waals surface area contributed by atoms with E-state index in [1.54, 1.807) is 12.0 Å². The SMILES string of the molecule is COc1ccc(CCN2C(=O)[C@@H](CC(=O)Nc3ccc(C(=O)O)cc3)SC2=Nc2ccc(F)cc2)cc1.